The van der Waals surface area contributed by atoms with Crippen LogP contribution in [-0.2, 0) is 24.6 Å². The third-order valence-corrected chi connectivity index (χ3v) is 7.01. The normalized spacial score (nSPS) is 21.4. The summed E-state index contributed by atoms with van der Waals surface area (Å²) in [7, 11) is 0. The fourth-order valence-electron chi connectivity index (χ4n) is 4.66. The predicted octanol–water partition coefficient (Wildman–Crippen LogP) is 4.52. The van der Waals surface area contributed by atoms with Gasteiger partial charge >= 0.3 is 11.9 Å². The molecule has 0 saturated carbocycles. The van der Waals surface area contributed by atoms with E-state index in [1.807, 2.05) is 67.8 Å². The van der Waals surface area contributed by atoms with Gasteiger partial charge in [-0.25, -0.2) is 9.78 Å². The Hall–Kier alpha value is -3.72. The van der Waals surface area contributed by atoms with E-state index < -0.39 is 29.4 Å². The van der Waals surface area contributed by atoms with Crippen molar-refractivity contribution in [3.63, 3.8) is 0 Å². The van der Waals surface area contributed by atoms with Crippen LogP contribution in [0.2, 0.25) is 0 Å². The molecule has 2 aromatic heterocycles. The minimum absolute atomic E-state index is 0.212. The number of ether oxygens (including phenoxy) is 2. The number of pyridine rings is 1. The number of benzene rings is 1. The molecule has 0 radical (unpaired) electrons. The average Bonchev–Trinajstić information content (AvgIpc) is 3.34. The summed E-state index contributed by atoms with van der Waals surface area (Å²) in [5.41, 5.74) is 2.43. The lowest BCUT2D eigenvalue weighted by atomic mass is 9.70. The summed E-state index contributed by atoms with van der Waals surface area (Å²) in [5.74, 6) is -1.72. The molecule has 0 spiro atoms. The average molecular weight is 507 g/mol. The second-order valence-corrected chi connectivity index (χ2v) is 9.42. The standard InChI is InChI=1S/C27H30N4O4S/c1-5-34-24(32)21-17(3)31-27(4,18-12-8-7-9-13-18)22(25(33)35-6-2)23(21)30-26-29-20(16-36-26)19-14-10-11-15-28-19/h7-16,22-23,31H,5-6H2,1-4H3,(H,29,30). The second kappa shape index (κ2) is 10.9. The zero-order valence-corrected chi connectivity index (χ0v) is 21.6. The molecular weight excluding hydrogens is 476 g/mol. The van der Waals surface area contributed by atoms with Crippen LogP contribution in [0, 0.1) is 5.92 Å². The molecule has 0 fully saturated rings. The Morgan fingerprint density at radius 1 is 1.06 bits per heavy atom. The molecule has 0 amide bonds. The number of nitrogens with zero attached hydrogens (tertiary/aromatic N) is 2. The number of carbonyl (C=O) groups excluding carboxylic acids is 2. The molecule has 0 bridgehead atoms. The summed E-state index contributed by atoms with van der Waals surface area (Å²) >= 11 is 1.38. The van der Waals surface area contributed by atoms with Crippen LogP contribution in [0.1, 0.15) is 33.3 Å². The van der Waals surface area contributed by atoms with Gasteiger partial charge in [0.2, 0.25) is 0 Å². The molecule has 1 aliphatic rings. The summed E-state index contributed by atoms with van der Waals surface area (Å²) in [6, 6.07) is 14.6. The maximum Gasteiger partial charge on any atom is 0.337 e. The van der Waals surface area contributed by atoms with E-state index in [4.69, 9.17) is 14.5 Å². The molecule has 1 aromatic carbocycles. The SMILES string of the molecule is CCOC(=O)C1=C(C)NC(C)(c2ccccc2)C(C(=O)OCC)C1Nc1nc(-c2ccccn2)cs1. The number of nitrogens with one attached hydrogen (secondary N) is 2. The van der Waals surface area contributed by atoms with Gasteiger partial charge < -0.3 is 20.1 Å². The molecule has 3 atom stereocenters. The van der Waals surface area contributed by atoms with Gasteiger partial charge in [-0.3, -0.25) is 9.78 Å². The van der Waals surface area contributed by atoms with Crippen molar-refractivity contribution in [3.05, 3.63) is 76.9 Å². The van der Waals surface area contributed by atoms with Gasteiger partial charge in [0.15, 0.2) is 5.13 Å². The second-order valence-electron chi connectivity index (χ2n) is 8.56. The van der Waals surface area contributed by atoms with Crippen molar-refractivity contribution in [3.8, 4) is 11.4 Å². The molecule has 0 saturated heterocycles. The Balaban J connectivity index is 1.82. The number of carbonyl (C=O) groups is 2. The Morgan fingerprint density at radius 3 is 2.44 bits per heavy atom. The monoisotopic (exact) mass is 506 g/mol. The highest BCUT2D eigenvalue weighted by Gasteiger charge is 2.53. The van der Waals surface area contributed by atoms with E-state index in [2.05, 4.69) is 15.6 Å². The maximum atomic E-state index is 13.5. The van der Waals surface area contributed by atoms with Crippen LogP contribution in [0.3, 0.4) is 0 Å². The Morgan fingerprint density at radius 2 is 1.78 bits per heavy atom. The molecule has 2 N–H and O–H groups in total. The molecular formula is C27H30N4O4S. The number of rotatable bonds is 8. The van der Waals surface area contributed by atoms with Gasteiger partial charge in [-0.2, -0.15) is 0 Å². The largest absolute Gasteiger partial charge is 0.466 e. The fraction of sp³-hybridized carbons (Fsp3) is 0.333. The molecule has 9 heteroatoms. The molecule has 0 aliphatic carbocycles. The maximum absolute atomic E-state index is 13.5. The highest BCUT2D eigenvalue weighted by molar-refractivity contribution is 7.14. The molecule has 36 heavy (non-hydrogen) atoms. The highest BCUT2D eigenvalue weighted by atomic mass is 32.1. The molecule has 8 nitrogen and oxygen atoms in total. The first-order chi connectivity index (χ1) is 17.4. The summed E-state index contributed by atoms with van der Waals surface area (Å²) in [5, 5.41) is 9.28. The lowest BCUT2D eigenvalue weighted by molar-refractivity contribution is -0.152. The number of hydrogen-bond acceptors (Lipinski definition) is 9. The number of thiazole rings is 1. The number of esters is 2. The van der Waals surface area contributed by atoms with Crippen LogP contribution in [0.5, 0.6) is 0 Å². The van der Waals surface area contributed by atoms with E-state index in [1.165, 1.54) is 11.3 Å². The number of allylic oxidation sites excluding steroid dienone is 1. The van der Waals surface area contributed by atoms with E-state index in [9.17, 15) is 9.59 Å². The molecule has 188 valence electrons. The van der Waals surface area contributed by atoms with E-state index >= 15 is 0 Å². The van der Waals surface area contributed by atoms with Crippen LogP contribution >= 0.6 is 11.3 Å². The van der Waals surface area contributed by atoms with E-state index in [1.54, 1.807) is 20.0 Å². The first-order valence-electron chi connectivity index (χ1n) is 11.9. The van der Waals surface area contributed by atoms with Crippen molar-refractivity contribution >= 4 is 28.4 Å². The van der Waals surface area contributed by atoms with Crippen LogP contribution in [0.15, 0.2) is 71.4 Å². The van der Waals surface area contributed by atoms with E-state index in [0.717, 1.165) is 11.3 Å². The van der Waals surface area contributed by atoms with Crippen molar-refractivity contribution in [1.82, 2.24) is 15.3 Å². The third-order valence-electron chi connectivity index (χ3n) is 6.24. The molecule has 3 unspecified atom stereocenters. The van der Waals surface area contributed by atoms with Crippen molar-refractivity contribution in [2.24, 2.45) is 5.92 Å². The zero-order chi connectivity index (χ0) is 25.7. The fourth-order valence-corrected chi connectivity index (χ4v) is 5.40. The topological polar surface area (TPSA) is 102 Å². The Bertz CT molecular complexity index is 1240. The molecule has 1 aliphatic heterocycles. The summed E-state index contributed by atoms with van der Waals surface area (Å²) in [4.78, 5) is 35.8. The van der Waals surface area contributed by atoms with Crippen molar-refractivity contribution in [2.75, 3.05) is 18.5 Å². The van der Waals surface area contributed by atoms with E-state index in [-0.39, 0.29) is 13.2 Å². The first-order valence-corrected chi connectivity index (χ1v) is 12.8. The van der Waals surface area contributed by atoms with Crippen LogP contribution in [0.25, 0.3) is 11.4 Å². The smallest absolute Gasteiger partial charge is 0.337 e. The minimum Gasteiger partial charge on any atom is -0.466 e. The summed E-state index contributed by atoms with van der Waals surface area (Å²) in [6.45, 7) is 7.72. The van der Waals surface area contributed by atoms with E-state index in [0.29, 0.717) is 22.1 Å². The number of aromatic nitrogens is 2. The summed E-state index contributed by atoms with van der Waals surface area (Å²) < 4.78 is 10.9. The van der Waals surface area contributed by atoms with Crippen LogP contribution < -0.4 is 10.6 Å². The Labute approximate surface area is 214 Å². The van der Waals surface area contributed by atoms with Gasteiger partial charge in [0.05, 0.1) is 36.1 Å². The Kier molecular flexibility index (Phi) is 7.69. The highest BCUT2D eigenvalue weighted by Crippen LogP contribution is 2.42. The van der Waals surface area contributed by atoms with Crippen molar-refractivity contribution in [2.45, 2.75) is 39.3 Å². The van der Waals surface area contributed by atoms with Gasteiger partial charge in [-0.05, 0) is 45.4 Å². The molecule has 3 aromatic rings. The quantitative estimate of drug-likeness (QED) is 0.430. The predicted molar refractivity (Wildman–Crippen MR) is 139 cm³/mol. The lowest BCUT2D eigenvalue weighted by Gasteiger charge is -2.47. The molecule has 3 heterocycles. The van der Waals surface area contributed by atoms with Gasteiger partial charge in [-0.1, -0.05) is 36.4 Å². The van der Waals surface area contributed by atoms with Crippen LogP contribution in [0.4, 0.5) is 5.13 Å². The van der Waals surface area contributed by atoms with Gasteiger partial charge in [-0.15, -0.1) is 11.3 Å². The lowest BCUT2D eigenvalue weighted by Crippen LogP contribution is -2.60. The van der Waals surface area contributed by atoms with Gasteiger partial charge in [0.1, 0.15) is 11.6 Å². The molecule has 4 rings (SSSR count). The van der Waals surface area contributed by atoms with Gasteiger partial charge in [0.25, 0.3) is 0 Å². The number of hydrogen-bond donors (Lipinski definition) is 2. The third kappa shape index (κ3) is 4.97. The number of anilines is 1. The van der Waals surface area contributed by atoms with Gasteiger partial charge in [0, 0.05) is 17.3 Å². The first kappa shape index (κ1) is 25.4. The summed E-state index contributed by atoms with van der Waals surface area (Å²) in [6.07, 6.45) is 1.71. The van der Waals surface area contributed by atoms with Crippen LogP contribution in [-0.4, -0.2) is 41.2 Å². The zero-order valence-electron chi connectivity index (χ0n) is 20.8. The minimum atomic E-state index is -0.869. The van der Waals surface area contributed by atoms with Crippen molar-refractivity contribution in [1.29, 1.82) is 0 Å². The van der Waals surface area contributed by atoms with Crippen molar-refractivity contribution < 1.29 is 19.1 Å².